The van der Waals surface area contributed by atoms with E-state index in [1.165, 1.54) is 5.56 Å². The van der Waals surface area contributed by atoms with Crippen molar-refractivity contribution >= 4 is 23.0 Å². The molecule has 0 saturated heterocycles. The van der Waals surface area contributed by atoms with E-state index in [1.54, 1.807) is 0 Å². The SMILES string of the molecule is Cc1c(C(=O)NC[C@@H](C)c2ccccc2)oc2ccc3c(c12)C=CC(C)(C)O3. The van der Waals surface area contributed by atoms with Crippen LogP contribution in [0.15, 0.2) is 53.0 Å². The molecule has 0 radical (unpaired) electrons. The van der Waals surface area contributed by atoms with Crippen molar-refractivity contribution in [1.29, 1.82) is 0 Å². The molecular weight excluding hydrogens is 350 g/mol. The lowest BCUT2D eigenvalue weighted by atomic mass is 9.98. The Labute approximate surface area is 165 Å². The van der Waals surface area contributed by atoms with Gasteiger partial charge in [0.2, 0.25) is 0 Å². The topological polar surface area (TPSA) is 51.5 Å². The van der Waals surface area contributed by atoms with Crippen LogP contribution >= 0.6 is 0 Å². The van der Waals surface area contributed by atoms with Crippen LogP contribution < -0.4 is 10.1 Å². The van der Waals surface area contributed by atoms with Crippen molar-refractivity contribution in [2.45, 2.75) is 39.2 Å². The molecule has 28 heavy (non-hydrogen) atoms. The van der Waals surface area contributed by atoms with Crippen LogP contribution in [-0.2, 0) is 0 Å². The van der Waals surface area contributed by atoms with Gasteiger partial charge in [-0.3, -0.25) is 4.79 Å². The fraction of sp³-hybridized carbons (Fsp3) is 0.292. The van der Waals surface area contributed by atoms with Gasteiger partial charge in [0.25, 0.3) is 5.91 Å². The first-order chi connectivity index (χ1) is 13.4. The highest BCUT2D eigenvalue weighted by atomic mass is 16.5. The molecule has 0 saturated carbocycles. The Balaban J connectivity index is 1.59. The van der Waals surface area contributed by atoms with Gasteiger partial charge in [-0.15, -0.1) is 0 Å². The Morgan fingerprint density at radius 1 is 1.14 bits per heavy atom. The third-order valence-corrected chi connectivity index (χ3v) is 5.26. The number of hydrogen-bond donors (Lipinski definition) is 1. The molecule has 1 atom stereocenters. The highest BCUT2D eigenvalue weighted by Crippen LogP contribution is 2.39. The molecule has 4 rings (SSSR count). The number of carbonyl (C=O) groups is 1. The molecule has 1 aliphatic heterocycles. The zero-order chi connectivity index (χ0) is 19.9. The first-order valence-electron chi connectivity index (χ1n) is 9.63. The van der Waals surface area contributed by atoms with Crippen LogP contribution in [0.1, 0.15) is 53.9 Å². The third-order valence-electron chi connectivity index (χ3n) is 5.26. The normalized spacial score (nSPS) is 15.7. The van der Waals surface area contributed by atoms with E-state index >= 15 is 0 Å². The van der Waals surface area contributed by atoms with Crippen molar-refractivity contribution in [3.05, 3.63) is 71.0 Å². The van der Waals surface area contributed by atoms with Crippen molar-refractivity contribution < 1.29 is 13.9 Å². The number of nitrogens with one attached hydrogen (secondary N) is 1. The number of furan rings is 1. The second-order valence-electron chi connectivity index (χ2n) is 7.97. The molecule has 0 spiro atoms. The minimum Gasteiger partial charge on any atom is -0.483 e. The van der Waals surface area contributed by atoms with Crippen LogP contribution in [0.2, 0.25) is 0 Å². The lowest BCUT2D eigenvalue weighted by Gasteiger charge is -2.28. The van der Waals surface area contributed by atoms with Crippen LogP contribution in [0, 0.1) is 6.92 Å². The maximum atomic E-state index is 12.8. The zero-order valence-corrected chi connectivity index (χ0v) is 16.7. The first kappa shape index (κ1) is 18.4. The fourth-order valence-corrected chi connectivity index (χ4v) is 3.65. The van der Waals surface area contributed by atoms with Crippen molar-refractivity contribution in [1.82, 2.24) is 5.32 Å². The molecule has 3 aromatic rings. The van der Waals surface area contributed by atoms with Crippen LogP contribution in [-0.4, -0.2) is 18.1 Å². The number of amides is 1. The summed E-state index contributed by atoms with van der Waals surface area (Å²) in [7, 11) is 0. The molecule has 1 aliphatic rings. The predicted molar refractivity (Wildman–Crippen MR) is 112 cm³/mol. The summed E-state index contributed by atoms with van der Waals surface area (Å²) in [6.07, 6.45) is 4.09. The summed E-state index contributed by atoms with van der Waals surface area (Å²) in [4.78, 5) is 12.8. The number of ether oxygens (including phenoxy) is 1. The Hall–Kier alpha value is -3.01. The third kappa shape index (κ3) is 3.31. The molecule has 4 heteroatoms. The molecule has 0 unspecified atom stereocenters. The highest BCUT2D eigenvalue weighted by molar-refractivity contribution is 6.02. The van der Waals surface area contributed by atoms with Crippen LogP contribution in [0.25, 0.3) is 17.0 Å². The van der Waals surface area contributed by atoms with E-state index in [1.807, 2.05) is 57.2 Å². The first-order valence-corrected chi connectivity index (χ1v) is 9.63. The molecule has 1 amide bonds. The Bertz CT molecular complexity index is 1060. The van der Waals surface area contributed by atoms with E-state index < -0.39 is 0 Å². The Morgan fingerprint density at radius 2 is 1.89 bits per heavy atom. The zero-order valence-electron chi connectivity index (χ0n) is 16.7. The molecule has 1 aromatic heterocycles. The van der Waals surface area contributed by atoms with Gasteiger partial charge < -0.3 is 14.5 Å². The maximum absolute atomic E-state index is 12.8. The Kier molecular flexibility index (Phi) is 4.50. The minimum atomic E-state index is -0.341. The molecule has 1 N–H and O–H groups in total. The molecule has 2 aromatic carbocycles. The standard InChI is InChI=1S/C24H25NO3/c1-15(17-8-6-5-7-9-17)14-25-23(26)22-16(2)21-18-12-13-24(3,4)28-19(18)10-11-20(21)27-22/h5-13,15H,14H2,1-4H3,(H,25,26)/t15-/m1/s1. The van der Waals surface area contributed by atoms with E-state index in [4.69, 9.17) is 9.15 Å². The quantitative estimate of drug-likeness (QED) is 0.659. The van der Waals surface area contributed by atoms with Gasteiger partial charge in [0.05, 0.1) is 0 Å². The summed E-state index contributed by atoms with van der Waals surface area (Å²) in [6.45, 7) is 8.61. The van der Waals surface area contributed by atoms with Gasteiger partial charge >= 0.3 is 0 Å². The summed E-state index contributed by atoms with van der Waals surface area (Å²) in [5.41, 5.74) is 3.36. The van der Waals surface area contributed by atoms with Crippen LogP contribution in [0.5, 0.6) is 5.75 Å². The van der Waals surface area contributed by atoms with Crippen LogP contribution in [0.3, 0.4) is 0 Å². The number of hydrogen-bond acceptors (Lipinski definition) is 3. The average Bonchev–Trinajstić information content (AvgIpc) is 3.02. The molecule has 0 fully saturated rings. The minimum absolute atomic E-state index is 0.189. The van der Waals surface area contributed by atoms with Crippen molar-refractivity contribution in [3.8, 4) is 5.75 Å². The van der Waals surface area contributed by atoms with E-state index in [0.717, 1.165) is 22.3 Å². The summed E-state index contributed by atoms with van der Waals surface area (Å²) < 4.78 is 12.0. The fourth-order valence-electron chi connectivity index (χ4n) is 3.65. The highest BCUT2D eigenvalue weighted by Gasteiger charge is 2.26. The number of aryl methyl sites for hydroxylation is 1. The van der Waals surface area contributed by atoms with Crippen molar-refractivity contribution in [2.24, 2.45) is 0 Å². The van der Waals surface area contributed by atoms with Gasteiger partial charge in [-0.25, -0.2) is 0 Å². The van der Waals surface area contributed by atoms with E-state index in [-0.39, 0.29) is 17.4 Å². The summed E-state index contributed by atoms with van der Waals surface area (Å²) in [5, 5.41) is 3.95. The van der Waals surface area contributed by atoms with Gasteiger partial charge in [0.15, 0.2) is 5.76 Å². The lowest BCUT2D eigenvalue weighted by Crippen LogP contribution is -2.27. The summed E-state index contributed by atoms with van der Waals surface area (Å²) in [6, 6.07) is 13.9. The second kappa shape index (κ2) is 6.86. The predicted octanol–water partition coefficient (Wildman–Crippen LogP) is 5.46. The number of fused-ring (bicyclic) bond motifs is 3. The molecule has 2 heterocycles. The molecule has 0 aliphatic carbocycles. The molecule has 144 valence electrons. The number of carbonyl (C=O) groups excluding carboxylic acids is 1. The molecule has 4 nitrogen and oxygen atoms in total. The van der Waals surface area contributed by atoms with Crippen molar-refractivity contribution in [2.75, 3.05) is 6.54 Å². The summed E-state index contributed by atoms with van der Waals surface area (Å²) >= 11 is 0. The molecule has 0 bridgehead atoms. The van der Waals surface area contributed by atoms with E-state index in [2.05, 4.69) is 30.4 Å². The van der Waals surface area contributed by atoms with Gasteiger partial charge in [-0.1, -0.05) is 43.3 Å². The smallest absolute Gasteiger partial charge is 0.287 e. The Morgan fingerprint density at radius 3 is 2.64 bits per heavy atom. The second-order valence-corrected chi connectivity index (χ2v) is 7.97. The van der Waals surface area contributed by atoms with Crippen molar-refractivity contribution in [3.63, 3.8) is 0 Å². The lowest BCUT2D eigenvalue weighted by molar-refractivity contribution is 0.0925. The van der Waals surface area contributed by atoms with Crippen LogP contribution in [0.4, 0.5) is 0 Å². The van der Waals surface area contributed by atoms with Gasteiger partial charge in [0, 0.05) is 23.1 Å². The van der Waals surface area contributed by atoms with Gasteiger partial charge in [-0.05, 0) is 50.5 Å². The van der Waals surface area contributed by atoms with E-state index in [9.17, 15) is 4.79 Å². The summed E-state index contributed by atoms with van der Waals surface area (Å²) in [5.74, 6) is 1.21. The monoisotopic (exact) mass is 375 g/mol. The maximum Gasteiger partial charge on any atom is 0.287 e. The number of rotatable bonds is 4. The van der Waals surface area contributed by atoms with Gasteiger partial charge in [-0.2, -0.15) is 0 Å². The van der Waals surface area contributed by atoms with Gasteiger partial charge in [0.1, 0.15) is 16.9 Å². The number of benzene rings is 2. The largest absolute Gasteiger partial charge is 0.483 e. The molecular formula is C24H25NO3. The average molecular weight is 375 g/mol. The van der Waals surface area contributed by atoms with E-state index in [0.29, 0.717) is 17.9 Å².